The lowest BCUT2D eigenvalue weighted by atomic mass is 10.2. The normalized spacial score (nSPS) is 16.1. The summed E-state index contributed by atoms with van der Waals surface area (Å²) in [6, 6.07) is 7.64. The Balaban J connectivity index is 1.81. The molecular formula is C15H22N2O2. The fraction of sp³-hybridized carbons (Fsp3) is 0.533. The highest BCUT2D eigenvalue weighted by atomic mass is 16.5. The van der Waals surface area contributed by atoms with Gasteiger partial charge in [-0.2, -0.15) is 0 Å². The number of benzene rings is 1. The second-order valence-electron chi connectivity index (χ2n) is 5.39. The fourth-order valence-electron chi connectivity index (χ4n) is 1.87. The molecule has 0 aromatic heterocycles. The minimum atomic E-state index is -0.120. The Labute approximate surface area is 114 Å². The van der Waals surface area contributed by atoms with Crippen molar-refractivity contribution in [2.24, 2.45) is 11.7 Å². The molecule has 0 aliphatic heterocycles. The van der Waals surface area contributed by atoms with E-state index < -0.39 is 0 Å². The van der Waals surface area contributed by atoms with E-state index >= 15 is 0 Å². The molecule has 1 aliphatic rings. The molecule has 4 nitrogen and oxygen atoms in total. The van der Waals surface area contributed by atoms with Crippen LogP contribution in [0.1, 0.15) is 31.7 Å². The van der Waals surface area contributed by atoms with Crippen LogP contribution >= 0.6 is 0 Å². The Morgan fingerprint density at radius 3 is 3.00 bits per heavy atom. The van der Waals surface area contributed by atoms with Gasteiger partial charge in [-0.25, -0.2) is 0 Å². The summed E-state index contributed by atoms with van der Waals surface area (Å²) in [7, 11) is 0. The van der Waals surface area contributed by atoms with E-state index in [2.05, 4.69) is 5.32 Å². The maximum atomic E-state index is 11.6. The summed E-state index contributed by atoms with van der Waals surface area (Å²) in [4.78, 5) is 11.6. The van der Waals surface area contributed by atoms with E-state index in [0.29, 0.717) is 13.0 Å². The van der Waals surface area contributed by atoms with Crippen molar-refractivity contribution in [1.82, 2.24) is 0 Å². The average molecular weight is 262 g/mol. The third-order valence-electron chi connectivity index (χ3n) is 3.04. The van der Waals surface area contributed by atoms with Gasteiger partial charge in [0.05, 0.1) is 6.61 Å². The Bertz CT molecular complexity index is 428. The van der Waals surface area contributed by atoms with E-state index in [1.165, 1.54) is 12.8 Å². The van der Waals surface area contributed by atoms with Crippen molar-refractivity contribution in [2.75, 3.05) is 11.9 Å². The topological polar surface area (TPSA) is 64.4 Å². The molecule has 0 heterocycles. The van der Waals surface area contributed by atoms with Crippen LogP contribution < -0.4 is 11.1 Å². The monoisotopic (exact) mass is 262 g/mol. The van der Waals surface area contributed by atoms with Gasteiger partial charge in [0.1, 0.15) is 0 Å². The Morgan fingerprint density at radius 1 is 1.53 bits per heavy atom. The van der Waals surface area contributed by atoms with E-state index in [0.717, 1.165) is 23.8 Å². The maximum Gasteiger partial charge on any atom is 0.225 e. The first-order valence-corrected chi connectivity index (χ1v) is 6.85. The number of amides is 1. The molecule has 1 unspecified atom stereocenters. The van der Waals surface area contributed by atoms with Gasteiger partial charge in [-0.3, -0.25) is 4.79 Å². The zero-order valence-corrected chi connectivity index (χ0v) is 11.4. The minimum Gasteiger partial charge on any atom is -0.376 e. The van der Waals surface area contributed by atoms with Crippen molar-refractivity contribution in [3.05, 3.63) is 29.8 Å². The molecule has 104 valence electrons. The van der Waals surface area contributed by atoms with E-state index in [1.807, 2.05) is 31.2 Å². The Hall–Kier alpha value is -1.39. The number of nitrogens with two attached hydrogens (primary N) is 1. The molecule has 2 rings (SSSR count). The smallest absolute Gasteiger partial charge is 0.225 e. The van der Waals surface area contributed by atoms with E-state index in [1.54, 1.807) is 0 Å². The molecule has 0 saturated heterocycles. The highest BCUT2D eigenvalue weighted by molar-refractivity contribution is 5.91. The number of hydrogen-bond acceptors (Lipinski definition) is 3. The van der Waals surface area contributed by atoms with Gasteiger partial charge in [0, 0.05) is 24.8 Å². The van der Waals surface area contributed by atoms with Crippen LogP contribution in [0.5, 0.6) is 0 Å². The number of carbonyl (C=O) groups is 1. The van der Waals surface area contributed by atoms with Crippen LogP contribution in [0.25, 0.3) is 0 Å². The van der Waals surface area contributed by atoms with Gasteiger partial charge in [0.2, 0.25) is 5.91 Å². The van der Waals surface area contributed by atoms with Crippen LogP contribution in [0.4, 0.5) is 5.69 Å². The summed E-state index contributed by atoms with van der Waals surface area (Å²) in [5, 5.41) is 2.85. The summed E-state index contributed by atoms with van der Waals surface area (Å²) >= 11 is 0. The predicted molar refractivity (Wildman–Crippen MR) is 75.7 cm³/mol. The summed E-state index contributed by atoms with van der Waals surface area (Å²) in [6.07, 6.45) is 2.93. The maximum absolute atomic E-state index is 11.6. The Kier molecular flexibility index (Phi) is 4.93. The molecule has 1 saturated carbocycles. The summed E-state index contributed by atoms with van der Waals surface area (Å²) in [5.41, 5.74) is 7.48. The quantitative estimate of drug-likeness (QED) is 0.792. The Morgan fingerprint density at radius 2 is 2.32 bits per heavy atom. The van der Waals surface area contributed by atoms with Crippen LogP contribution in [-0.4, -0.2) is 18.6 Å². The van der Waals surface area contributed by atoms with Crippen LogP contribution in [0.2, 0.25) is 0 Å². The molecule has 3 N–H and O–H groups in total. The third kappa shape index (κ3) is 5.41. The lowest BCUT2D eigenvalue weighted by Crippen LogP contribution is -2.24. The standard InChI is InChI=1S/C15H22N2O2/c1-11(16)7-15(18)17-14-4-2-3-13(8-14)10-19-9-12-5-6-12/h2-4,8,11-12H,5-7,9-10,16H2,1H3,(H,17,18). The molecule has 19 heavy (non-hydrogen) atoms. The summed E-state index contributed by atoms with van der Waals surface area (Å²) < 4.78 is 5.64. The third-order valence-corrected chi connectivity index (χ3v) is 3.04. The van der Waals surface area contributed by atoms with Gasteiger partial charge in [-0.05, 0) is 43.4 Å². The molecule has 1 amide bonds. The largest absolute Gasteiger partial charge is 0.376 e. The number of hydrogen-bond donors (Lipinski definition) is 2. The van der Waals surface area contributed by atoms with Crippen molar-refractivity contribution in [3.8, 4) is 0 Å². The molecule has 0 bridgehead atoms. The minimum absolute atomic E-state index is 0.0500. The molecule has 1 atom stereocenters. The van der Waals surface area contributed by atoms with Crippen molar-refractivity contribution in [3.63, 3.8) is 0 Å². The van der Waals surface area contributed by atoms with Gasteiger partial charge >= 0.3 is 0 Å². The van der Waals surface area contributed by atoms with Gasteiger partial charge in [-0.1, -0.05) is 12.1 Å². The van der Waals surface area contributed by atoms with E-state index in [9.17, 15) is 4.79 Å². The molecule has 4 heteroatoms. The predicted octanol–water partition coefficient (Wildman–Crippen LogP) is 2.29. The van der Waals surface area contributed by atoms with E-state index in [4.69, 9.17) is 10.5 Å². The van der Waals surface area contributed by atoms with Crippen molar-refractivity contribution in [2.45, 2.75) is 38.8 Å². The van der Waals surface area contributed by atoms with Crippen LogP contribution in [0, 0.1) is 5.92 Å². The first-order chi connectivity index (χ1) is 9.13. The molecule has 1 aromatic rings. The molecular weight excluding hydrogens is 240 g/mol. The summed E-state index contributed by atoms with van der Waals surface area (Å²) in [6.45, 7) is 3.27. The van der Waals surface area contributed by atoms with Crippen LogP contribution in [0.15, 0.2) is 24.3 Å². The van der Waals surface area contributed by atoms with E-state index in [-0.39, 0.29) is 11.9 Å². The van der Waals surface area contributed by atoms with Crippen molar-refractivity contribution < 1.29 is 9.53 Å². The SMILES string of the molecule is CC(N)CC(=O)Nc1cccc(COCC2CC2)c1. The second-order valence-corrected chi connectivity index (χ2v) is 5.39. The number of carbonyl (C=O) groups excluding carboxylic acids is 1. The molecule has 0 spiro atoms. The lowest BCUT2D eigenvalue weighted by molar-refractivity contribution is -0.116. The highest BCUT2D eigenvalue weighted by Crippen LogP contribution is 2.29. The van der Waals surface area contributed by atoms with Gasteiger partial charge in [0.25, 0.3) is 0 Å². The zero-order chi connectivity index (χ0) is 13.7. The van der Waals surface area contributed by atoms with Crippen molar-refractivity contribution >= 4 is 11.6 Å². The molecule has 1 aliphatic carbocycles. The number of nitrogens with one attached hydrogen (secondary N) is 1. The number of anilines is 1. The van der Waals surface area contributed by atoms with Crippen LogP contribution in [0.3, 0.4) is 0 Å². The number of rotatable bonds is 7. The highest BCUT2D eigenvalue weighted by Gasteiger charge is 2.20. The molecule has 1 fully saturated rings. The second kappa shape index (κ2) is 6.68. The van der Waals surface area contributed by atoms with Gasteiger partial charge < -0.3 is 15.8 Å². The lowest BCUT2D eigenvalue weighted by Gasteiger charge is -2.09. The van der Waals surface area contributed by atoms with Crippen molar-refractivity contribution in [1.29, 1.82) is 0 Å². The van der Waals surface area contributed by atoms with Crippen LogP contribution in [-0.2, 0) is 16.1 Å². The first kappa shape index (κ1) is 14.0. The zero-order valence-electron chi connectivity index (χ0n) is 11.4. The fourth-order valence-corrected chi connectivity index (χ4v) is 1.87. The summed E-state index contributed by atoms with van der Waals surface area (Å²) in [5.74, 6) is 0.722. The first-order valence-electron chi connectivity index (χ1n) is 6.85. The van der Waals surface area contributed by atoms with Gasteiger partial charge in [-0.15, -0.1) is 0 Å². The molecule has 1 aromatic carbocycles. The average Bonchev–Trinajstić information content (AvgIpc) is 3.12. The number of ether oxygens (including phenoxy) is 1. The van der Waals surface area contributed by atoms with Gasteiger partial charge in [0.15, 0.2) is 0 Å². The molecule has 0 radical (unpaired) electrons.